The molecule has 2 amide bonds. The highest BCUT2D eigenvalue weighted by Gasteiger charge is 2.08. The molecule has 28 heavy (non-hydrogen) atoms. The molecule has 0 radical (unpaired) electrons. The fourth-order valence-electron chi connectivity index (χ4n) is 1.86. The average molecular weight is 468 g/mol. The maximum absolute atomic E-state index is 11.8. The van der Waals surface area contributed by atoms with Crippen LogP contribution in [0.1, 0.15) is 0 Å². The van der Waals surface area contributed by atoms with Crippen molar-refractivity contribution in [3.63, 3.8) is 0 Å². The van der Waals surface area contributed by atoms with Crippen LogP contribution in [0.25, 0.3) is 0 Å². The van der Waals surface area contributed by atoms with Gasteiger partial charge in [0.15, 0.2) is 18.3 Å². The fourth-order valence-corrected chi connectivity index (χ4v) is 2.29. The van der Waals surface area contributed by atoms with E-state index in [1.165, 1.54) is 0 Å². The van der Waals surface area contributed by atoms with Crippen molar-refractivity contribution in [1.29, 1.82) is 0 Å². The van der Waals surface area contributed by atoms with E-state index >= 15 is 0 Å². The third-order valence-electron chi connectivity index (χ3n) is 3.18. The fraction of sp³-hybridized carbons (Fsp3) is 0.167. The summed E-state index contributed by atoms with van der Waals surface area (Å²) in [6, 6.07) is 13.8. The standard InChI is InChI=1S/C18H18BrN3O5S/c1-25-13-6-8-15(9-7-13)27-11-17(24)21-22-18(28)20-16(23)10-26-14-4-2-12(19)3-5-14/h2-9H,10-11H2,1H3,(H,21,24)(H2,20,22,23,28). The van der Waals surface area contributed by atoms with Gasteiger partial charge in [0.05, 0.1) is 7.11 Å². The van der Waals surface area contributed by atoms with E-state index < -0.39 is 11.8 Å². The summed E-state index contributed by atoms with van der Waals surface area (Å²) in [7, 11) is 1.56. The molecule has 0 aliphatic rings. The third-order valence-corrected chi connectivity index (χ3v) is 3.91. The Labute approximate surface area is 175 Å². The van der Waals surface area contributed by atoms with Crippen LogP contribution in [0.15, 0.2) is 53.0 Å². The number of amides is 2. The minimum atomic E-state index is -0.474. The zero-order chi connectivity index (χ0) is 20.4. The third kappa shape index (κ3) is 7.80. The highest BCUT2D eigenvalue weighted by atomic mass is 79.9. The first-order valence-electron chi connectivity index (χ1n) is 8.00. The molecule has 0 aromatic heterocycles. The van der Waals surface area contributed by atoms with Gasteiger partial charge in [0.25, 0.3) is 11.8 Å². The molecule has 0 saturated heterocycles. The zero-order valence-electron chi connectivity index (χ0n) is 14.9. The first-order chi connectivity index (χ1) is 13.5. The highest BCUT2D eigenvalue weighted by Crippen LogP contribution is 2.17. The van der Waals surface area contributed by atoms with E-state index in [2.05, 4.69) is 32.1 Å². The molecule has 0 unspecified atom stereocenters. The molecular formula is C18H18BrN3O5S. The van der Waals surface area contributed by atoms with Crippen LogP contribution < -0.4 is 30.4 Å². The van der Waals surface area contributed by atoms with E-state index in [1.807, 2.05) is 0 Å². The summed E-state index contributed by atoms with van der Waals surface area (Å²) in [6.45, 7) is -0.458. The van der Waals surface area contributed by atoms with Gasteiger partial charge in [-0.25, -0.2) is 0 Å². The SMILES string of the molecule is COc1ccc(OCC(=O)NNC(=S)NC(=O)COc2ccc(Br)cc2)cc1. The number of benzene rings is 2. The molecule has 3 N–H and O–H groups in total. The van der Waals surface area contributed by atoms with Crippen LogP contribution in [0, 0.1) is 0 Å². The Hall–Kier alpha value is -2.85. The summed E-state index contributed by atoms with van der Waals surface area (Å²) >= 11 is 8.24. The predicted octanol–water partition coefficient (Wildman–Crippen LogP) is 1.94. The van der Waals surface area contributed by atoms with E-state index in [0.717, 1.165) is 4.47 Å². The van der Waals surface area contributed by atoms with Crippen LogP contribution in [0.5, 0.6) is 17.2 Å². The highest BCUT2D eigenvalue weighted by molar-refractivity contribution is 9.10. The van der Waals surface area contributed by atoms with Gasteiger partial charge < -0.3 is 14.2 Å². The Kier molecular flexibility index (Phi) is 8.50. The number of nitrogens with one attached hydrogen (secondary N) is 3. The smallest absolute Gasteiger partial charge is 0.276 e. The second kappa shape index (κ2) is 11.1. The van der Waals surface area contributed by atoms with Gasteiger partial charge in [0, 0.05) is 4.47 Å². The van der Waals surface area contributed by atoms with Gasteiger partial charge in [-0.3, -0.25) is 25.8 Å². The Balaban J connectivity index is 1.63. The predicted molar refractivity (Wildman–Crippen MR) is 110 cm³/mol. The molecule has 148 valence electrons. The molecule has 0 aliphatic carbocycles. The molecule has 0 spiro atoms. The number of hydrazine groups is 1. The van der Waals surface area contributed by atoms with Crippen molar-refractivity contribution in [1.82, 2.24) is 16.2 Å². The molecule has 0 fully saturated rings. The summed E-state index contributed by atoms with van der Waals surface area (Å²) in [5.74, 6) is 0.796. The van der Waals surface area contributed by atoms with Crippen LogP contribution in [-0.2, 0) is 9.59 Å². The topological polar surface area (TPSA) is 97.9 Å². The molecule has 8 nitrogen and oxygen atoms in total. The molecule has 2 rings (SSSR count). The minimum absolute atomic E-state index is 0.0674. The lowest BCUT2D eigenvalue weighted by atomic mass is 10.3. The number of rotatable bonds is 7. The molecule has 0 saturated carbocycles. The summed E-state index contributed by atoms with van der Waals surface area (Å²) in [6.07, 6.45) is 0. The number of ether oxygens (including phenoxy) is 3. The zero-order valence-corrected chi connectivity index (χ0v) is 17.3. The van der Waals surface area contributed by atoms with E-state index in [-0.39, 0.29) is 18.3 Å². The quantitative estimate of drug-likeness (QED) is 0.422. The largest absolute Gasteiger partial charge is 0.497 e. The number of carbonyl (C=O) groups is 2. The summed E-state index contributed by atoms with van der Waals surface area (Å²) in [5.41, 5.74) is 4.73. The number of hydrogen-bond acceptors (Lipinski definition) is 6. The molecule has 10 heteroatoms. The Morgan fingerprint density at radius 3 is 1.93 bits per heavy atom. The number of thiocarbonyl (C=S) groups is 1. The van der Waals surface area contributed by atoms with Crippen molar-refractivity contribution >= 4 is 45.1 Å². The van der Waals surface area contributed by atoms with Crippen molar-refractivity contribution in [3.8, 4) is 17.2 Å². The van der Waals surface area contributed by atoms with Crippen molar-refractivity contribution < 1.29 is 23.8 Å². The first-order valence-corrected chi connectivity index (χ1v) is 9.20. The van der Waals surface area contributed by atoms with Crippen molar-refractivity contribution in [2.45, 2.75) is 0 Å². The van der Waals surface area contributed by atoms with Gasteiger partial charge in [-0.05, 0) is 60.7 Å². The second-order valence-electron chi connectivity index (χ2n) is 5.26. The Bertz CT molecular complexity index is 815. The summed E-state index contributed by atoms with van der Waals surface area (Å²) < 4.78 is 16.6. The van der Waals surface area contributed by atoms with Crippen LogP contribution >= 0.6 is 28.1 Å². The summed E-state index contributed by atoms with van der Waals surface area (Å²) in [5, 5.41) is 2.31. The molecule has 0 atom stereocenters. The van der Waals surface area contributed by atoms with Gasteiger partial charge in [-0.15, -0.1) is 0 Å². The van der Waals surface area contributed by atoms with Crippen molar-refractivity contribution in [3.05, 3.63) is 53.0 Å². The van der Waals surface area contributed by atoms with E-state index in [0.29, 0.717) is 17.2 Å². The van der Waals surface area contributed by atoms with Crippen molar-refractivity contribution in [2.75, 3.05) is 20.3 Å². The number of halogens is 1. The summed E-state index contributed by atoms with van der Waals surface area (Å²) in [4.78, 5) is 23.5. The van der Waals surface area contributed by atoms with Gasteiger partial charge in [0.2, 0.25) is 0 Å². The second-order valence-corrected chi connectivity index (χ2v) is 6.58. The first kappa shape index (κ1) is 21.5. The Morgan fingerprint density at radius 1 is 0.857 bits per heavy atom. The van der Waals surface area contributed by atoms with Crippen LogP contribution in [-0.4, -0.2) is 37.3 Å². The molecular weight excluding hydrogens is 450 g/mol. The minimum Gasteiger partial charge on any atom is -0.497 e. The number of hydrogen-bond donors (Lipinski definition) is 3. The lowest BCUT2D eigenvalue weighted by molar-refractivity contribution is -0.124. The monoisotopic (exact) mass is 467 g/mol. The van der Waals surface area contributed by atoms with Crippen LogP contribution in [0.2, 0.25) is 0 Å². The van der Waals surface area contributed by atoms with Gasteiger partial charge in [-0.1, -0.05) is 15.9 Å². The molecule has 0 bridgehead atoms. The van der Waals surface area contributed by atoms with Gasteiger partial charge in [0.1, 0.15) is 17.2 Å². The van der Waals surface area contributed by atoms with Crippen LogP contribution in [0.3, 0.4) is 0 Å². The molecule has 2 aromatic carbocycles. The number of carbonyl (C=O) groups excluding carboxylic acids is 2. The van der Waals surface area contributed by atoms with Gasteiger partial charge >= 0.3 is 0 Å². The maximum atomic E-state index is 11.8. The van der Waals surface area contributed by atoms with Gasteiger partial charge in [-0.2, -0.15) is 0 Å². The maximum Gasteiger partial charge on any atom is 0.276 e. The van der Waals surface area contributed by atoms with Crippen LogP contribution in [0.4, 0.5) is 0 Å². The van der Waals surface area contributed by atoms with E-state index in [4.69, 9.17) is 26.4 Å². The van der Waals surface area contributed by atoms with E-state index in [1.54, 1.807) is 55.6 Å². The number of methoxy groups -OCH3 is 1. The Morgan fingerprint density at radius 2 is 1.36 bits per heavy atom. The molecule has 2 aromatic rings. The normalized spacial score (nSPS) is 9.79. The van der Waals surface area contributed by atoms with Crippen molar-refractivity contribution in [2.24, 2.45) is 0 Å². The lowest BCUT2D eigenvalue weighted by Crippen LogP contribution is -2.50. The average Bonchev–Trinajstić information content (AvgIpc) is 2.70. The molecule has 0 heterocycles. The van der Waals surface area contributed by atoms with E-state index in [9.17, 15) is 9.59 Å². The molecule has 0 aliphatic heterocycles. The lowest BCUT2D eigenvalue weighted by Gasteiger charge is -2.12.